The fraction of sp³-hybridized carbons (Fsp3) is 0.875. The first-order chi connectivity index (χ1) is 18.7. The standard InChI is InChI=1S/C32H52N2O5/c1-22(2)7-5-6-8-23-10-12-27-26-11-9-24-21-25(13-16-32(24,4)28(26)14-17-31(23,27)3)39-30(36)33-18-20-38-19-15-29(35)34-37/h9,22-23,25-28H,5-8,10-21H2,1-4H3,(H,33,36). The predicted molar refractivity (Wildman–Crippen MR) is 153 cm³/mol. The molecule has 0 aromatic rings. The van der Waals surface area contributed by atoms with E-state index in [4.69, 9.17) is 9.47 Å². The van der Waals surface area contributed by atoms with Crippen molar-refractivity contribution in [1.29, 1.82) is 0 Å². The Hall–Kier alpha value is -1.76. The van der Waals surface area contributed by atoms with Crippen molar-refractivity contribution in [2.24, 2.45) is 45.6 Å². The van der Waals surface area contributed by atoms with E-state index in [1.165, 1.54) is 63.4 Å². The molecule has 4 aliphatic carbocycles. The number of allylic oxidation sites excluding steroid dienone is 1. The molecule has 0 radical (unpaired) electrons. The molecule has 3 fully saturated rings. The predicted octanol–water partition coefficient (Wildman–Crippen LogP) is 7.58. The summed E-state index contributed by atoms with van der Waals surface area (Å²) in [6, 6.07) is 0. The summed E-state index contributed by atoms with van der Waals surface area (Å²) in [5.74, 6) is 3.47. The Labute approximate surface area is 235 Å². The number of ether oxygens (including phenoxy) is 2. The van der Waals surface area contributed by atoms with Crippen LogP contribution in [0.4, 0.5) is 4.79 Å². The molecule has 0 bridgehead atoms. The Bertz CT molecular complexity index is 903. The van der Waals surface area contributed by atoms with E-state index in [0.717, 1.165) is 48.9 Å². The molecule has 2 amide bonds. The van der Waals surface area contributed by atoms with Crippen molar-refractivity contribution in [1.82, 2.24) is 5.32 Å². The summed E-state index contributed by atoms with van der Waals surface area (Å²) in [4.78, 5) is 33.3. The first-order valence-corrected chi connectivity index (χ1v) is 15.7. The average Bonchev–Trinajstić information content (AvgIpc) is 3.24. The topological polar surface area (TPSA) is 94.1 Å². The zero-order chi connectivity index (χ0) is 28.0. The molecule has 1 N–H and O–H groups in total. The maximum Gasteiger partial charge on any atom is 0.407 e. The number of amides is 2. The van der Waals surface area contributed by atoms with Gasteiger partial charge >= 0.3 is 6.09 Å². The molecule has 0 aromatic heterocycles. The third kappa shape index (κ3) is 6.94. The summed E-state index contributed by atoms with van der Waals surface area (Å²) in [5, 5.41) is 5.07. The van der Waals surface area contributed by atoms with E-state index in [1.54, 1.807) is 0 Å². The third-order valence-corrected chi connectivity index (χ3v) is 11.2. The minimum atomic E-state index is -0.725. The number of alkyl carbamates (subject to hydrolysis) is 1. The average molecular weight is 545 g/mol. The SMILES string of the molecule is CC(C)CCCCC1CCC2C3CC=C4CC(OC(=O)NCCOCCC(=O)N=O)CCC4(C)C3CCC12C. The van der Waals surface area contributed by atoms with Gasteiger partial charge in [0.2, 0.25) is 0 Å². The van der Waals surface area contributed by atoms with E-state index < -0.39 is 12.0 Å². The van der Waals surface area contributed by atoms with E-state index in [9.17, 15) is 14.5 Å². The molecule has 4 rings (SSSR count). The highest BCUT2D eigenvalue weighted by atomic mass is 16.6. The van der Waals surface area contributed by atoms with E-state index in [0.29, 0.717) is 12.0 Å². The Balaban J connectivity index is 1.25. The van der Waals surface area contributed by atoms with Crippen molar-refractivity contribution in [2.75, 3.05) is 19.8 Å². The van der Waals surface area contributed by atoms with Gasteiger partial charge in [0.05, 0.1) is 19.6 Å². The van der Waals surface area contributed by atoms with Gasteiger partial charge in [-0.05, 0) is 91.8 Å². The number of nitroso groups, excluding NO2 is 1. The summed E-state index contributed by atoms with van der Waals surface area (Å²) >= 11 is 0. The molecule has 220 valence electrons. The van der Waals surface area contributed by atoms with Gasteiger partial charge in [0, 0.05) is 18.1 Å². The number of rotatable bonds is 12. The second-order valence-electron chi connectivity index (χ2n) is 13.8. The largest absolute Gasteiger partial charge is 0.446 e. The molecule has 0 aliphatic heterocycles. The Morgan fingerprint density at radius 1 is 1.08 bits per heavy atom. The van der Waals surface area contributed by atoms with Crippen LogP contribution in [-0.2, 0) is 14.3 Å². The molecular weight excluding hydrogens is 492 g/mol. The van der Waals surface area contributed by atoms with Gasteiger partial charge in [0.25, 0.3) is 5.91 Å². The minimum absolute atomic E-state index is 0.0369. The molecule has 7 heteroatoms. The van der Waals surface area contributed by atoms with Gasteiger partial charge in [-0.15, -0.1) is 4.91 Å². The smallest absolute Gasteiger partial charge is 0.407 e. The number of carbonyl (C=O) groups is 2. The van der Waals surface area contributed by atoms with Crippen molar-refractivity contribution in [2.45, 2.75) is 117 Å². The molecule has 0 heterocycles. The number of nitrogens with one attached hydrogen (secondary N) is 1. The lowest BCUT2D eigenvalue weighted by Crippen LogP contribution is -2.50. The molecule has 0 saturated heterocycles. The second-order valence-corrected chi connectivity index (χ2v) is 13.8. The molecule has 39 heavy (non-hydrogen) atoms. The number of hydrogen-bond acceptors (Lipinski definition) is 5. The Morgan fingerprint density at radius 3 is 2.67 bits per heavy atom. The zero-order valence-electron chi connectivity index (χ0n) is 24.8. The molecular formula is C32H52N2O5. The second kappa shape index (κ2) is 13.3. The molecule has 7 nitrogen and oxygen atoms in total. The van der Waals surface area contributed by atoms with Crippen LogP contribution in [0.25, 0.3) is 0 Å². The highest BCUT2D eigenvalue weighted by Crippen LogP contribution is 2.66. The summed E-state index contributed by atoms with van der Waals surface area (Å²) in [7, 11) is 0. The lowest BCUT2D eigenvalue weighted by molar-refractivity contribution is -0.119. The number of nitrogens with zero attached hydrogens (tertiary/aromatic N) is 1. The van der Waals surface area contributed by atoms with Crippen LogP contribution in [0.15, 0.2) is 16.8 Å². The highest BCUT2D eigenvalue weighted by Gasteiger charge is 2.58. The number of unbranched alkanes of at least 4 members (excludes halogenated alkanes) is 1. The van der Waals surface area contributed by atoms with E-state index >= 15 is 0 Å². The molecule has 0 aromatic carbocycles. The van der Waals surface area contributed by atoms with Gasteiger partial charge in [-0.1, -0.05) is 58.6 Å². The minimum Gasteiger partial charge on any atom is -0.446 e. The molecule has 3 saturated carbocycles. The quantitative estimate of drug-likeness (QED) is 0.155. The molecule has 0 spiro atoms. The monoisotopic (exact) mass is 544 g/mol. The van der Waals surface area contributed by atoms with Gasteiger partial charge in [-0.2, -0.15) is 0 Å². The highest BCUT2D eigenvalue weighted by molar-refractivity contribution is 5.76. The molecule has 7 atom stereocenters. The van der Waals surface area contributed by atoms with Crippen LogP contribution in [0.1, 0.15) is 111 Å². The first-order valence-electron chi connectivity index (χ1n) is 15.7. The lowest BCUT2D eigenvalue weighted by atomic mass is 9.47. The van der Waals surface area contributed by atoms with Gasteiger partial charge in [0.15, 0.2) is 0 Å². The normalized spacial score (nSPS) is 35.4. The lowest BCUT2D eigenvalue weighted by Gasteiger charge is -2.58. The summed E-state index contributed by atoms with van der Waals surface area (Å²) in [6.45, 7) is 10.5. The van der Waals surface area contributed by atoms with Crippen molar-refractivity contribution in [3.05, 3.63) is 16.6 Å². The summed E-state index contributed by atoms with van der Waals surface area (Å²) in [6.07, 6.45) is 17.3. The Morgan fingerprint density at radius 2 is 1.90 bits per heavy atom. The van der Waals surface area contributed by atoms with Crippen LogP contribution in [-0.4, -0.2) is 37.9 Å². The van der Waals surface area contributed by atoms with Crippen LogP contribution in [0.2, 0.25) is 0 Å². The summed E-state index contributed by atoms with van der Waals surface area (Å²) in [5.41, 5.74) is 2.30. The Kier molecular flexibility index (Phi) is 10.3. The third-order valence-electron chi connectivity index (χ3n) is 11.2. The summed E-state index contributed by atoms with van der Waals surface area (Å²) < 4.78 is 11.0. The van der Waals surface area contributed by atoms with Crippen molar-refractivity contribution in [3.8, 4) is 0 Å². The fourth-order valence-corrected chi connectivity index (χ4v) is 8.98. The van der Waals surface area contributed by atoms with Crippen LogP contribution in [0, 0.1) is 45.3 Å². The zero-order valence-corrected chi connectivity index (χ0v) is 24.8. The molecule has 7 unspecified atom stereocenters. The van der Waals surface area contributed by atoms with Crippen LogP contribution >= 0.6 is 0 Å². The van der Waals surface area contributed by atoms with Crippen molar-refractivity contribution in [3.63, 3.8) is 0 Å². The maximum absolute atomic E-state index is 12.4. The van der Waals surface area contributed by atoms with Crippen LogP contribution < -0.4 is 5.32 Å². The van der Waals surface area contributed by atoms with Gasteiger partial charge in [-0.3, -0.25) is 4.79 Å². The number of hydrogen-bond donors (Lipinski definition) is 1. The van der Waals surface area contributed by atoms with E-state index in [1.807, 2.05) is 0 Å². The van der Waals surface area contributed by atoms with Gasteiger partial charge in [0.1, 0.15) is 6.10 Å². The van der Waals surface area contributed by atoms with Gasteiger partial charge < -0.3 is 14.8 Å². The molecule has 4 aliphatic rings. The van der Waals surface area contributed by atoms with Crippen molar-refractivity contribution >= 4 is 12.0 Å². The maximum atomic E-state index is 12.4. The number of carbonyl (C=O) groups excluding carboxylic acids is 2. The van der Waals surface area contributed by atoms with Crippen molar-refractivity contribution < 1.29 is 19.1 Å². The number of fused-ring (bicyclic) bond motifs is 5. The van der Waals surface area contributed by atoms with Crippen LogP contribution in [0.3, 0.4) is 0 Å². The first kappa shape index (κ1) is 30.2. The van der Waals surface area contributed by atoms with Crippen LogP contribution in [0.5, 0.6) is 0 Å². The van der Waals surface area contributed by atoms with E-state index in [-0.39, 0.29) is 31.2 Å². The van der Waals surface area contributed by atoms with Gasteiger partial charge in [-0.25, -0.2) is 4.79 Å². The van der Waals surface area contributed by atoms with E-state index in [2.05, 4.69) is 44.3 Å². The fourth-order valence-electron chi connectivity index (χ4n) is 8.98.